The fraction of sp³-hybridized carbons (Fsp3) is 0.240. The predicted octanol–water partition coefficient (Wildman–Crippen LogP) is 5.32. The number of hydrogen-bond donors (Lipinski definition) is 1. The number of nitrogens with one attached hydrogen (secondary N) is 1. The maximum Gasteiger partial charge on any atom is 0.252 e. The predicted molar refractivity (Wildman–Crippen MR) is 117 cm³/mol. The van der Waals surface area contributed by atoms with Crippen molar-refractivity contribution in [1.29, 1.82) is 0 Å². The summed E-state index contributed by atoms with van der Waals surface area (Å²) in [6, 6.07) is 23.3. The lowest BCUT2D eigenvalue weighted by molar-refractivity contribution is 0.0914. The minimum atomic E-state index is 0.00563. The topological polar surface area (TPSA) is 32.3 Å². The van der Waals surface area contributed by atoms with Crippen molar-refractivity contribution in [3.63, 3.8) is 0 Å². The van der Waals surface area contributed by atoms with Crippen LogP contribution in [0.5, 0.6) is 0 Å². The summed E-state index contributed by atoms with van der Waals surface area (Å²) in [5.41, 5.74) is 0.727. The molecule has 4 aromatic rings. The highest BCUT2D eigenvalue weighted by molar-refractivity contribution is 6.06. The molecule has 0 spiro atoms. The molecule has 1 fully saturated rings. The molecule has 5 rings (SSSR count). The molecule has 0 unspecified atom stereocenters. The smallest absolute Gasteiger partial charge is 0.252 e. The van der Waals surface area contributed by atoms with Crippen LogP contribution in [-0.4, -0.2) is 30.6 Å². The molecule has 1 amide bonds. The summed E-state index contributed by atoms with van der Waals surface area (Å²) in [6.07, 6.45) is 3.76. The summed E-state index contributed by atoms with van der Waals surface area (Å²) in [7, 11) is 0. The summed E-state index contributed by atoms with van der Waals surface area (Å²) in [6.45, 7) is 2.80. The Labute approximate surface area is 164 Å². The Morgan fingerprint density at radius 3 is 1.96 bits per heavy atom. The van der Waals surface area contributed by atoms with Gasteiger partial charge in [-0.1, -0.05) is 36.8 Å². The maximum atomic E-state index is 12.6. The van der Waals surface area contributed by atoms with Gasteiger partial charge >= 0.3 is 0 Å². The number of amides is 1. The fourth-order valence-corrected chi connectivity index (χ4v) is 4.24. The van der Waals surface area contributed by atoms with E-state index in [1.807, 2.05) is 12.1 Å². The van der Waals surface area contributed by atoms with Gasteiger partial charge < -0.3 is 5.32 Å². The Bertz CT molecular complexity index is 1180. The van der Waals surface area contributed by atoms with Gasteiger partial charge in [-0.3, -0.25) is 9.69 Å². The molecule has 3 heteroatoms. The van der Waals surface area contributed by atoms with Crippen molar-refractivity contribution in [2.45, 2.75) is 19.3 Å². The van der Waals surface area contributed by atoms with Crippen LogP contribution in [0.2, 0.25) is 0 Å². The second kappa shape index (κ2) is 7.25. The van der Waals surface area contributed by atoms with Crippen LogP contribution in [-0.2, 0) is 0 Å². The van der Waals surface area contributed by atoms with Crippen molar-refractivity contribution in [3.05, 3.63) is 72.3 Å². The average molecular weight is 368 g/mol. The van der Waals surface area contributed by atoms with E-state index >= 15 is 0 Å². The van der Waals surface area contributed by atoms with Crippen LogP contribution in [0, 0.1) is 0 Å². The third-order valence-corrected chi connectivity index (χ3v) is 5.83. The Morgan fingerprint density at radius 1 is 0.714 bits per heavy atom. The largest absolute Gasteiger partial charge is 0.339 e. The van der Waals surface area contributed by atoms with Crippen molar-refractivity contribution in [1.82, 2.24) is 10.2 Å². The molecule has 140 valence electrons. The molecule has 1 aliphatic rings. The Kier molecular flexibility index (Phi) is 4.46. The van der Waals surface area contributed by atoms with E-state index in [9.17, 15) is 4.79 Å². The van der Waals surface area contributed by atoms with Crippen molar-refractivity contribution < 1.29 is 4.79 Å². The first-order valence-corrected chi connectivity index (χ1v) is 10.1. The third-order valence-electron chi connectivity index (χ3n) is 5.83. The number of likely N-dealkylation sites (tertiary alicyclic amines) is 1. The van der Waals surface area contributed by atoms with Crippen LogP contribution >= 0.6 is 0 Å². The number of fused-ring (bicyclic) bond motifs is 3. The first kappa shape index (κ1) is 17.2. The molecule has 0 saturated carbocycles. The lowest BCUT2D eigenvalue weighted by atomic mass is 9.98. The van der Waals surface area contributed by atoms with E-state index < -0.39 is 0 Å². The van der Waals surface area contributed by atoms with Gasteiger partial charge in [0, 0.05) is 5.56 Å². The van der Waals surface area contributed by atoms with E-state index in [0.29, 0.717) is 6.67 Å². The molecule has 0 bridgehead atoms. The van der Waals surface area contributed by atoms with Crippen LogP contribution in [0.1, 0.15) is 29.6 Å². The van der Waals surface area contributed by atoms with E-state index in [0.717, 1.165) is 29.4 Å². The van der Waals surface area contributed by atoms with Crippen molar-refractivity contribution in [2.75, 3.05) is 19.8 Å². The lowest BCUT2D eigenvalue weighted by Gasteiger charge is -2.26. The molecule has 28 heavy (non-hydrogen) atoms. The van der Waals surface area contributed by atoms with Gasteiger partial charge in [-0.05, 0) is 94.6 Å². The highest BCUT2D eigenvalue weighted by Gasteiger charge is 2.12. The van der Waals surface area contributed by atoms with Crippen molar-refractivity contribution >= 4 is 38.2 Å². The summed E-state index contributed by atoms with van der Waals surface area (Å²) in [5, 5.41) is 10.3. The third kappa shape index (κ3) is 3.34. The molecule has 0 aromatic heterocycles. The number of nitrogens with zero attached hydrogens (tertiary/aromatic N) is 1. The summed E-state index contributed by atoms with van der Waals surface area (Å²) < 4.78 is 0. The van der Waals surface area contributed by atoms with E-state index in [4.69, 9.17) is 0 Å². The first-order valence-electron chi connectivity index (χ1n) is 10.1. The number of benzene rings is 4. The summed E-state index contributed by atoms with van der Waals surface area (Å²) >= 11 is 0. The second-order valence-electron chi connectivity index (χ2n) is 7.80. The Morgan fingerprint density at radius 2 is 1.29 bits per heavy atom. The maximum absolute atomic E-state index is 12.6. The van der Waals surface area contributed by atoms with Gasteiger partial charge in [-0.2, -0.15) is 0 Å². The van der Waals surface area contributed by atoms with Gasteiger partial charge in [0.05, 0.1) is 6.67 Å². The molecule has 0 aliphatic carbocycles. The Hall–Kier alpha value is -2.91. The van der Waals surface area contributed by atoms with Gasteiger partial charge in [0.15, 0.2) is 0 Å². The molecular weight excluding hydrogens is 344 g/mol. The standard InChI is InChI=1S/C25H24N2O/c28-25(26-17-27-10-4-1-5-11-27)21-9-8-20-14-23-12-18-6-2-3-7-19(18)13-24(23)16-22(20)15-21/h2-3,6-9,12-16H,1,4-5,10-11,17H2,(H,26,28). The van der Waals surface area contributed by atoms with Crippen molar-refractivity contribution in [3.8, 4) is 0 Å². The molecular formula is C25H24N2O. The Balaban J connectivity index is 1.44. The first-order chi connectivity index (χ1) is 13.8. The second-order valence-corrected chi connectivity index (χ2v) is 7.80. The van der Waals surface area contributed by atoms with Crippen LogP contribution < -0.4 is 5.32 Å². The number of piperidine rings is 1. The summed E-state index contributed by atoms with van der Waals surface area (Å²) in [4.78, 5) is 15.0. The number of rotatable bonds is 3. The monoisotopic (exact) mass is 368 g/mol. The molecule has 0 radical (unpaired) electrons. The fourth-order valence-electron chi connectivity index (χ4n) is 4.24. The normalized spacial score (nSPS) is 15.3. The van der Waals surface area contributed by atoms with E-state index in [2.05, 4.69) is 64.8 Å². The number of carbonyl (C=O) groups is 1. The SMILES string of the molecule is O=C(NCN1CCCCC1)c1ccc2cc3cc4ccccc4cc3cc2c1. The van der Waals surface area contributed by atoms with Crippen LogP contribution in [0.4, 0.5) is 0 Å². The van der Waals surface area contributed by atoms with Gasteiger partial charge in [-0.15, -0.1) is 0 Å². The quantitative estimate of drug-likeness (QED) is 0.496. The molecule has 3 nitrogen and oxygen atoms in total. The van der Waals surface area contributed by atoms with Gasteiger partial charge in [0.25, 0.3) is 5.91 Å². The van der Waals surface area contributed by atoms with Gasteiger partial charge in [0.2, 0.25) is 0 Å². The highest BCUT2D eigenvalue weighted by Crippen LogP contribution is 2.28. The molecule has 1 heterocycles. The van der Waals surface area contributed by atoms with Crippen molar-refractivity contribution in [2.24, 2.45) is 0 Å². The van der Waals surface area contributed by atoms with Crippen LogP contribution in [0.25, 0.3) is 32.3 Å². The van der Waals surface area contributed by atoms with E-state index in [1.165, 1.54) is 40.8 Å². The minimum Gasteiger partial charge on any atom is -0.339 e. The summed E-state index contributed by atoms with van der Waals surface area (Å²) in [5.74, 6) is 0.00563. The highest BCUT2D eigenvalue weighted by atomic mass is 16.1. The zero-order valence-corrected chi connectivity index (χ0v) is 15.9. The zero-order valence-electron chi connectivity index (χ0n) is 15.9. The zero-order chi connectivity index (χ0) is 18.9. The van der Waals surface area contributed by atoms with Crippen LogP contribution in [0.3, 0.4) is 0 Å². The number of hydrogen-bond acceptors (Lipinski definition) is 2. The number of carbonyl (C=O) groups excluding carboxylic acids is 1. The molecule has 1 saturated heterocycles. The van der Waals surface area contributed by atoms with Gasteiger partial charge in [-0.25, -0.2) is 0 Å². The molecule has 4 aromatic carbocycles. The van der Waals surface area contributed by atoms with E-state index in [1.54, 1.807) is 0 Å². The van der Waals surface area contributed by atoms with Gasteiger partial charge in [0.1, 0.15) is 0 Å². The van der Waals surface area contributed by atoms with Crippen LogP contribution in [0.15, 0.2) is 66.7 Å². The minimum absolute atomic E-state index is 0.00563. The molecule has 1 N–H and O–H groups in total. The molecule has 0 atom stereocenters. The molecule has 1 aliphatic heterocycles. The lowest BCUT2D eigenvalue weighted by Crippen LogP contribution is -2.40. The average Bonchev–Trinajstić information content (AvgIpc) is 2.75. The van der Waals surface area contributed by atoms with E-state index in [-0.39, 0.29) is 5.91 Å².